The molecule has 1 aromatic rings. The van der Waals surface area contributed by atoms with Crippen LogP contribution in [0, 0.1) is 0 Å². The molecule has 1 heterocycles. The van der Waals surface area contributed by atoms with Crippen LogP contribution in [0.25, 0.3) is 0 Å². The van der Waals surface area contributed by atoms with Gasteiger partial charge in [-0.25, -0.2) is 0 Å². The van der Waals surface area contributed by atoms with Crippen molar-refractivity contribution in [3.8, 4) is 0 Å². The molecule has 1 aromatic heterocycles. The summed E-state index contributed by atoms with van der Waals surface area (Å²) in [5.74, 6) is -0.0904. The molecule has 0 aromatic carbocycles. The number of ether oxygens (including phenoxy) is 1. The summed E-state index contributed by atoms with van der Waals surface area (Å²) in [6, 6.07) is 2.25. The number of nitrogens with zero attached hydrogens (tertiary/aromatic N) is 2. The van der Waals surface area contributed by atoms with E-state index in [1.54, 1.807) is 10.7 Å². The van der Waals surface area contributed by atoms with Crippen molar-refractivity contribution in [2.45, 2.75) is 64.8 Å². The third-order valence-electron chi connectivity index (χ3n) is 3.26. The molecular weight excluding hydrogens is 242 g/mol. The van der Waals surface area contributed by atoms with E-state index in [1.165, 1.54) is 0 Å². The van der Waals surface area contributed by atoms with Crippen LogP contribution in [-0.2, 0) is 4.74 Å². The molecule has 1 amide bonds. The highest BCUT2D eigenvalue weighted by atomic mass is 16.5. The van der Waals surface area contributed by atoms with Crippen molar-refractivity contribution in [1.82, 2.24) is 15.1 Å². The monoisotopic (exact) mass is 265 g/mol. The minimum atomic E-state index is -0.0904. The average molecular weight is 265 g/mol. The van der Waals surface area contributed by atoms with Gasteiger partial charge in [0, 0.05) is 18.3 Å². The molecule has 0 bridgehead atoms. The Balaban J connectivity index is 1.79. The van der Waals surface area contributed by atoms with Gasteiger partial charge in [-0.2, -0.15) is 5.10 Å². The summed E-state index contributed by atoms with van der Waals surface area (Å²) in [5, 5.41) is 7.26. The highest BCUT2D eigenvalue weighted by Gasteiger charge is 2.32. The molecule has 1 saturated carbocycles. The smallest absolute Gasteiger partial charge is 0.271 e. The maximum Gasteiger partial charge on any atom is 0.271 e. The largest absolute Gasteiger partial charge is 0.375 e. The van der Waals surface area contributed by atoms with E-state index in [0.29, 0.717) is 11.8 Å². The maximum absolute atomic E-state index is 12.0. The molecule has 0 unspecified atom stereocenters. The first-order chi connectivity index (χ1) is 8.95. The average Bonchev–Trinajstić information content (AvgIpc) is 2.74. The molecule has 1 aliphatic carbocycles. The lowest BCUT2D eigenvalue weighted by Crippen LogP contribution is -2.48. The summed E-state index contributed by atoms with van der Waals surface area (Å²) in [6.45, 7) is 8.14. The highest BCUT2D eigenvalue weighted by molar-refractivity contribution is 5.92. The first-order valence-electron chi connectivity index (χ1n) is 6.97. The zero-order valence-corrected chi connectivity index (χ0v) is 12.1. The molecule has 0 spiro atoms. The van der Waals surface area contributed by atoms with Gasteiger partial charge in [-0.15, -0.1) is 0 Å². The minimum absolute atomic E-state index is 0.0904. The van der Waals surface area contributed by atoms with Crippen LogP contribution in [0.15, 0.2) is 12.3 Å². The molecule has 5 nitrogen and oxygen atoms in total. The van der Waals surface area contributed by atoms with Crippen LogP contribution in [0.3, 0.4) is 0 Å². The zero-order chi connectivity index (χ0) is 14.0. The number of carbonyl (C=O) groups is 1. The summed E-state index contributed by atoms with van der Waals surface area (Å²) >= 11 is 0. The number of hydrogen-bond acceptors (Lipinski definition) is 3. The lowest BCUT2D eigenvalue weighted by molar-refractivity contribution is -0.0482. The van der Waals surface area contributed by atoms with E-state index in [-0.39, 0.29) is 24.1 Å². The van der Waals surface area contributed by atoms with Crippen LogP contribution in [0.5, 0.6) is 0 Å². The van der Waals surface area contributed by atoms with Gasteiger partial charge >= 0.3 is 0 Å². The Labute approximate surface area is 114 Å². The van der Waals surface area contributed by atoms with Crippen molar-refractivity contribution < 1.29 is 9.53 Å². The van der Waals surface area contributed by atoms with Crippen LogP contribution < -0.4 is 5.32 Å². The molecule has 19 heavy (non-hydrogen) atoms. The molecule has 1 N–H and O–H groups in total. The Morgan fingerprint density at radius 2 is 2.11 bits per heavy atom. The molecule has 0 radical (unpaired) electrons. The van der Waals surface area contributed by atoms with Crippen molar-refractivity contribution in [3.63, 3.8) is 0 Å². The Bertz CT molecular complexity index is 434. The van der Waals surface area contributed by atoms with E-state index >= 15 is 0 Å². The zero-order valence-electron chi connectivity index (χ0n) is 12.1. The summed E-state index contributed by atoms with van der Waals surface area (Å²) < 4.78 is 7.46. The number of hydrogen-bond donors (Lipinski definition) is 1. The van der Waals surface area contributed by atoms with Gasteiger partial charge in [0.25, 0.3) is 5.91 Å². The summed E-state index contributed by atoms with van der Waals surface area (Å²) in [6.07, 6.45) is 4.18. The molecule has 5 heteroatoms. The lowest BCUT2D eigenvalue weighted by atomic mass is 9.89. The summed E-state index contributed by atoms with van der Waals surface area (Å²) in [5.41, 5.74) is 0.488. The SMILES string of the molecule is CC(C)OC1CC(NC(=O)c2ccn(C(C)C)n2)C1. The predicted octanol–water partition coefficient (Wildman–Crippen LogP) is 2.15. The van der Waals surface area contributed by atoms with Crippen molar-refractivity contribution in [1.29, 1.82) is 0 Å². The van der Waals surface area contributed by atoms with Gasteiger partial charge in [-0.3, -0.25) is 9.48 Å². The minimum Gasteiger partial charge on any atom is -0.375 e. The van der Waals surface area contributed by atoms with Gasteiger partial charge in [-0.05, 0) is 46.6 Å². The fraction of sp³-hybridized carbons (Fsp3) is 0.714. The van der Waals surface area contributed by atoms with E-state index in [1.807, 2.05) is 33.9 Å². The van der Waals surface area contributed by atoms with Crippen molar-refractivity contribution in [2.75, 3.05) is 0 Å². The molecule has 1 fully saturated rings. The fourth-order valence-corrected chi connectivity index (χ4v) is 2.19. The molecule has 1 aliphatic rings. The van der Waals surface area contributed by atoms with Crippen LogP contribution in [0.1, 0.15) is 57.1 Å². The number of aromatic nitrogens is 2. The maximum atomic E-state index is 12.0. The second-order valence-corrected chi connectivity index (χ2v) is 5.72. The summed E-state index contributed by atoms with van der Waals surface area (Å²) in [7, 11) is 0. The number of amides is 1. The highest BCUT2D eigenvalue weighted by Crippen LogP contribution is 2.24. The van der Waals surface area contributed by atoms with Crippen LogP contribution in [-0.4, -0.2) is 33.9 Å². The van der Waals surface area contributed by atoms with Crippen molar-refractivity contribution >= 4 is 5.91 Å². The predicted molar refractivity (Wildman–Crippen MR) is 73.1 cm³/mol. The van der Waals surface area contributed by atoms with Crippen LogP contribution in [0.2, 0.25) is 0 Å². The molecule has 0 saturated heterocycles. The summed E-state index contributed by atoms with van der Waals surface area (Å²) in [4.78, 5) is 12.0. The Morgan fingerprint density at radius 1 is 1.42 bits per heavy atom. The topological polar surface area (TPSA) is 56.1 Å². The van der Waals surface area contributed by atoms with Gasteiger partial charge in [0.1, 0.15) is 5.69 Å². The second kappa shape index (κ2) is 5.74. The number of nitrogens with one attached hydrogen (secondary N) is 1. The Hall–Kier alpha value is -1.36. The Morgan fingerprint density at radius 3 is 2.63 bits per heavy atom. The van der Waals surface area contributed by atoms with E-state index in [4.69, 9.17) is 4.74 Å². The quantitative estimate of drug-likeness (QED) is 0.887. The normalized spacial score (nSPS) is 22.6. The van der Waals surface area contributed by atoms with Crippen molar-refractivity contribution in [2.24, 2.45) is 0 Å². The fourth-order valence-electron chi connectivity index (χ4n) is 2.19. The molecule has 0 atom stereocenters. The van der Waals surface area contributed by atoms with Gasteiger partial charge in [0.15, 0.2) is 0 Å². The van der Waals surface area contributed by atoms with Gasteiger partial charge in [-0.1, -0.05) is 0 Å². The first-order valence-corrected chi connectivity index (χ1v) is 6.97. The van der Waals surface area contributed by atoms with Gasteiger partial charge in [0.05, 0.1) is 12.2 Å². The van der Waals surface area contributed by atoms with Crippen LogP contribution >= 0.6 is 0 Å². The lowest BCUT2D eigenvalue weighted by Gasteiger charge is -2.36. The third-order valence-corrected chi connectivity index (χ3v) is 3.26. The van der Waals surface area contributed by atoms with Crippen molar-refractivity contribution in [3.05, 3.63) is 18.0 Å². The Kier molecular flexibility index (Phi) is 4.24. The van der Waals surface area contributed by atoms with E-state index in [0.717, 1.165) is 12.8 Å². The number of rotatable bonds is 5. The van der Waals surface area contributed by atoms with E-state index in [9.17, 15) is 4.79 Å². The van der Waals surface area contributed by atoms with E-state index < -0.39 is 0 Å². The third kappa shape index (κ3) is 3.56. The van der Waals surface area contributed by atoms with Gasteiger partial charge < -0.3 is 10.1 Å². The molecule has 0 aliphatic heterocycles. The standard InChI is InChI=1S/C14H23N3O2/c1-9(2)17-6-5-13(16-17)14(18)15-11-7-12(8-11)19-10(3)4/h5-6,9-12H,7-8H2,1-4H3,(H,15,18). The molecule has 106 valence electrons. The molecule has 2 rings (SSSR count). The van der Waals surface area contributed by atoms with E-state index in [2.05, 4.69) is 10.4 Å². The molecular formula is C14H23N3O2. The number of carbonyl (C=O) groups excluding carboxylic acids is 1. The first kappa shape index (κ1) is 14.1. The second-order valence-electron chi connectivity index (χ2n) is 5.72. The van der Waals surface area contributed by atoms with Gasteiger partial charge in [0.2, 0.25) is 0 Å². The van der Waals surface area contributed by atoms with Crippen LogP contribution in [0.4, 0.5) is 0 Å².